The third-order valence-corrected chi connectivity index (χ3v) is 5.03. The summed E-state index contributed by atoms with van der Waals surface area (Å²) in [6.45, 7) is 0. The van der Waals surface area contributed by atoms with Crippen LogP contribution in [0.3, 0.4) is 0 Å². The Kier molecular flexibility index (Phi) is 6.68. The first-order valence-electron chi connectivity index (χ1n) is 10.5. The van der Waals surface area contributed by atoms with Crippen molar-refractivity contribution in [1.82, 2.24) is 0 Å². The van der Waals surface area contributed by atoms with E-state index >= 15 is 0 Å². The normalized spacial score (nSPS) is 10.3. The topological polar surface area (TPSA) is 169 Å². The van der Waals surface area contributed by atoms with Crippen LogP contribution in [0.4, 0.5) is 43.7 Å². The van der Waals surface area contributed by atoms with Crippen molar-refractivity contribution in [1.29, 1.82) is 0 Å². The van der Waals surface area contributed by atoms with E-state index in [4.69, 9.17) is 0 Å². The summed E-state index contributed by atoms with van der Waals surface area (Å²) in [6, 6.07) is 20.0. The predicted molar refractivity (Wildman–Crippen MR) is 135 cm³/mol. The molecule has 4 amide bonds. The second-order valence-electron chi connectivity index (χ2n) is 7.48. The van der Waals surface area contributed by atoms with E-state index in [1.54, 1.807) is 36.4 Å². The van der Waals surface area contributed by atoms with Crippen LogP contribution in [0, 0.1) is 20.2 Å². The number of nitro groups is 2. The van der Waals surface area contributed by atoms with Gasteiger partial charge < -0.3 is 21.3 Å². The molecule has 4 N–H and O–H groups in total. The molecule has 0 saturated heterocycles. The Morgan fingerprint density at radius 1 is 0.583 bits per heavy atom. The van der Waals surface area contributed by atoms with Crippen molar-refractivity contribution in [2.75, 3.05) is 21.3 Å². The number of rotatable bonds is 6. The molecule has 0 bridgehead atoms. The first-order valence-corrected chi connectivity index (χ1v) is 10.5. The minimum Gasteiger partial charge on any atom is -0.307 e. The maximum atomic E-state index is 12.6. The van der Waals surface area contributed by atoms with Gasteiger partial charge in [-0.1, -0.05) is 36.4 Å². The van der Waals surface area contributed by atoms with E-state index in [0.717, 1.165) is 5.39 Å². The molecule has 180 valence electrons. The number of nitrogens with zero attached hydrogens (tertiary/aromatic N) is 2. The maximum Gasteiger partial charge on any atom is 0.323 e. The average molecular weight is 486 g/mol. The minimum atomic E-state index is -0.640. The van der Waals surface area contributed by atoms with E-state index in [1.807, 2.05) is 0 Å². The van der Waals surface area contributed by atoms with Crippen LogP contribution in [-0.4, -0.2) is 21.9 Å². The highest BCUT2D eigenvalue weighted by Gasteiger charge is 2.14. The van der Waals surface area contributed by atoms with Gasteiger partial charge in [-0.2, -0.15) is 0 Å². The Balaban J connectivity index is 1.54. The third kappa shape index (κ3) is 5.51. The molecule has 0 fully saturated rings. The van der Waals surface area contributed by atoms with Crippen molar-refractivity contribution >= 4 is 57.0 Å². The number of nitrogens with one attached hydrogen (secondary N) is 4. The number of carbonyl (C=O) groups is 2. The molecule has 0 aliphatic carbocycles. The number of benzene rings is 4. The van der Waals surface area contributed by atoms with Gasteiger partial charge in [-0.05, 0) is 29.7 Å². The zero-order valence-corrected chi connectivity index (χ0v) is 18.4. The molecule has 4 aromatic carbocycles. The highest BCUT2D eigenvalue weighted by molar-refractivity contribution is 6.13. The second-order valence-corrected chi connectivity index (χ2v) is 7.48. The lowest BCUT2D eigenvalue weighted by atomic mass is 10.1. The molecular weight excluding hydrogens is 468 g/mol. The van der Waals surface area contributed by atoms with Crippen LogP contribution in [0.2, 0.25) is 0 Å². The summed E-state index contributed by atoms with van der Waals surface area (Å²) in [5.74, 6) is 0. The molecule has 12 heteroatoms. The number of anilines is 4. The van der Waals surface area contributed by atoms with E-state index in [9.17, 15) is 29.8 Å². The summed E-state index contributed by atoms with van der Waals surface area (Å²) in [4.78, 5) is 46.1. The summed E-state index contributed by atoms with van der Waals surface area (Å²) in [5, 5.41) is 33.7. The molecule has 4 aromatic rings. The molecule has 36 heavy (non-hydrogen) atoms. The fourth-order valence-corrected chi connectivity index (χ4v) is 3.51. The van der Waals surface area contributed by atoms with Gasteiger partial charge in [0.25, 0.3) is 11.4 Å². The highest BCUT2D eigenvalue weighted by atomic mass is 16.6. The van der Waals surface area contributed by atoms with Crippen LogP contribution >= 0.6 is 0 Å². The number of fused-ring (bicyclic) bond motifs is 1. The van der Waals surface area contributed by atoms with Gasteiger partial charge in [0.15, 0.2) is 0 Å². The molecule has 0 aliphatic rings. The Morgan fingerprint density at radius 2 is 1.00 bits per heavy atom. The Bertz CT molecular complexity index is 1400. The van der Waals surface area contributed by atoms with Crippen molar-refractivity contribution in [3.05, 3.63) is 105 Å². The molecular formula is C24H18N6O6. The second kappa shape index (κ2) is 10.2. The molecule has 0 atom stereocenters. The van der Waals surface area contributed by atoms with Gasteiger partial charge in [0, 0.05) is 41.0 Å². The van der Waals surface area contributed by atoms with Crippen LogP contribution in [0.15, 0.2) is 84.9 Å². The van der Waals surface area contributed by atoms with Gasteiger partial charge >= 0.3 is 12.1 Å². The Labute approximate surface area is 203 Å². The van der Waals surface area contributed by atoms with E-state index < -0.39 is 21.9 Å². The summed E-state index contributed by atoms with van der Waals surface area (Å²) in [5.41, 5.74) is 0.884. The van der Waals surface area contributed by atoms with Crippen molar-refractivity contribution in [2.45, 2.75) is 0 Å². The summed E-state index contributed by atoms with van der Waals surface area (Å²) in [6.07, 6.45) is 0. The molecule has 0 unspecified atom stereocenters. The fourth-order valence-electron chi connectivity index (χ4n) is 3.51. The van der Waals surface area contributed by atoms with Crippen molar-refractivity contribution in [3.8, 4) is 0 Å². The van der Waals surface area contributed by atoms with E-state index in [-0.39, 0.29) is 22.7 Å². The Hall–Kier alpha value is -5.52. The lowest BCUT2D eigenvalue weighted by Crippen LogP contribution is -2.21. The largest absolute Gasteiger partial charge is 0.323 e. The number of urea groups is 2. The van der Waals surface area contributed by atoms with Gasteiger partial charge in [-0.3, -0.25) is 20.2 Å². The molecule has 0 spiro atoms. The summed E-state index contributed by atoms with van der Waals surface area (Å²) >= 11 is 0. The maximum absolute atomic E-state index is 12.6. The number of non-ortho nitro benzene ring substituents is 2. The lowest BCUT2D eigenvalue weighted by Gasteiger charge is -2.14. The molecule has 0 saturated carbocycles. The molecule has 0 radical (unpaired) electrons. The van der Waals surface area contributed by atoms with Gasteiger partial charge in [-0.15, -0.1) is 0 Å². The number of amides is 4. The van der Waals surface area contributed by atoms with Crippen molar-refractivity contribution in [3.63, 3.8) is 0 Å². The van der Waals surface area contributed by atoms with Crippen LogP contribution in [0.5, 0.6) is 0 Å². The first-order chi connectivity index (χ1) is 17.3. The standard InChI is InChI=1S/C24H18N6O6/c31-23(25-16-7-3-9-18(13-16)29(33)34)27-20-11-1-5-15-6-2-12-21(22(15)20)28-24(32)26-17-8-4-10-19(14-17)30(35)36/h1-14H,(H2,25,27,31)(H2,26,28,32). The van der Waals surface area contributed by atoms with Crippen LogP contribution < -0.4 is 21.3 Å². The smallest absolute Gasteiger partial charge is 0.307 e. The zero-order valence-electron chi connectivity index (χ0n) is 18.4. The molecule has 0 aliphatic heterocycles. The minimum absolute atomic E-state index is 0.167. The van der Waals surface area contributed by atoms with Crippen LogP contribution in [0.1, 0.15) is 0 Å². The van der Waals surface area contributed by atoms with Gasteiger partial charge in [0.2, 0.25) is 0 Å². The number of hydrogen-bond donors (Lipinski definition) is 4. The first kappa shape index (κ1) is 23.6. The highest BCUT2D eigenvalue weighted by Crippen LogP contribution is 2.31. The van der Waals surface area contributed by atoms with Crippen LogP contribution in [0.25, 0.3) is 10.8 Å². The molecule has 0 aromatic heterocycles. The zero-order chi connectivity index (χ0) is 25.7. The van der Waals surface area contributed by atoms with E-state index in [2.05, 4.69) is 21.3 Å². The summed E-state index contributed by atoms with van der Waals surface area (Å²) in [7, 11) is 0. The molecule has 4 rings (SSSR count). The van der Waals surface area contributed by atoms with E-state index in [0.29, 0.717) is 16.8 Å². The monoisotopic (exact) mass is 486 g/mol. The third-order valence-electron chi connectivity index (χ3n) is 5.03. The van der Waals surface area contributed by atoms with Crippen LogP contribution in [-0.2, 0) is 0 Å². The van der Waals surface area contributed by atoms with E-state index in [1.165, 1.54) is 48.5 Å². The van der Waals surface area contributed by atoms with Crippen molar-refractivity contribution in [2.24, 2.45) is 0 Å². The number of nitro benzene ring substituents is 2. The van der Waals surface area contributed by atoms with Gasteiger partial charge in [-0.25, -0.2) is 9.59 Å². The van der Waals surface area contributed by atoms with Crippen molar-refractivity contribution < 1.29 is 19.4 Å². The molecule has 12 nitrogen and oxygen atoms in total. The van der Waals surface area contributed by atoms with Gasteiger partial charge in [0.1, 0.15) is 0 Å². The SMILES string of the molecule is O=C(Nc1cccc([N+](=O)[O-])c1)Nc1cccc2cccc(NC(=O)Nc3cccc([N+](=O)[O-])c3)c12. The quantitative estimate of drug-likeness (QED) is 0.194. The number of carbonyl (C=O) groups excluding carboxylic acids is 2. The summed E-state index contributed by atoms with van der Waals surface area (Å²) < 4.78 is 0. The average Bonchev–Trinajstić information content (AvgIpc) is 2.84. The Morgan fingerprint density at radius 3 is 1.42 bits per heavy atom. The molecule has 0 heterocycles. The van der Waals surface area contributed by atoms with Gasteiger partial charge in [0.05, 0.1) is 21.2 Å². The lowest BCUT2D eigenvalue weighted by molar-refractivity contribution is -0.385. The number of hydrogen-bond acceptors (Lipinski definition) is 6. The fraction of sp³-hybridized carbons (Fsp3) is 0. The predicted octanol–water partition coefficient (Wildman–Crippen LogP) is 5.94.